The van der Waals surface area contributed by atoms with Crippen molar-refractivity contribution in [3.05, 3.63) is 59.2 Å². The number of pyridine rings is 1. The average Bonchev–Trinajstić information content (AvgIpc) is 2.62. The number of hydrogen-bond donors (Lipinski definition) is 2. The van der Waals surface area contributed by atoms with E-state index < -0.39 is 35.0 Å². The van der Waals surface area contributed by atoms with Gasteiger partial charge >= 0.3 is 0 Å². The summed E-state index contributed by atoms with van der Waals surface area (Å²) in [6, 6.07) is 4.08. The molecule has 0 saturated heterocycles. The molecule has 132 valence electrons. The van der Waals surface area contributed by atoms with E-state index in [2.05, 4.69) is 15.6 Å². The second-order valence-electron chi connectivity index (χ2n) is 5.39. The lowest BCUT2D eigenvalue weighted by atomic mass is 10.2. The van der Waals surface area contributed by atoms with Gasteiger partial charge in [0.25, 0.3) is 11.8 Å². The molecule has 0 fully saturated rings. The zero-order valence-corrected chi connectivity index (χ0v) is 13.6. The van der Waals surface area contributed by atoms with Crippen LogP contribution in [0.3, 0.4) is 0 Å². The SMILES string of the molecule is CCC(C)NC(=O)c1cc(C(=O)Nc2ccc(F)c(F)c2F)ccn1. The van der Waals surface area contributed by atoms with Crippen molar-refractivity contribution in [2.75, 3.05) is 5.32 Å². The minimum Gasteiger partial charge on any atom is -0.348 e. The smallest absolute Gasteiger partial charge is 0.270 e. The predicted octanol–water partition coefficient (Wildman–Crippen LogP) is 3.28. The summed E-state index contributed by atoms with van der Waals surface area (Å²) in [5.41, 5.74) is -0.474. The Morgan fingerprint density at radius 1 is 1.12 bits per heavy atom. The van der Waals surface area contributed by atoms with Crippen LogP contribution in [0, 0.1) is 17.5 Å². The van der Waals surface area contributed by atoms with Crippen LogP contribution in [-0.2, 0) is 0 Å². The quantitative estimate of drug-likeness (QED) is 0.812. The fraction of sp³-hybridized carbons (Fsp3) is 0.235. The van der Waals surface area contributed by atoms with E-state index in [0.717, 1.165) is 12.5 Å². The van der Waals surface area contributed by atoms with Gasteiger partial charge in [0.15, 0.2) is 17.5 Å². The summed E-state index contributed by atoms with van der Waals surface area (Å²) in [6.07, 6.45) is 1.98. The molecule has 2 amide bonds. The average molecular weight is 351 g/mol. The Hall–Kier alpha value is -2.90. The van der Waals surface area contributed by atoms with Crippen LogP contribution in [0.2, 0.25) is 0 Å². The molecule has 1 unspecified atom stereocenters. The van der Waals surface area contributed by atoms with Crippen LogP contribution in [0.4, 0.5) is 18.9 Å². The Kier molecular flexibility index (Phi) is 5.74. The maximum Gasteiger partial charge on any atom is 0.270 e. The van der Waals surface area contributed by atoms with Crippen molar-refractivity contribution < 1.29 is 22.8 Å². The molecule has 1 heterocycles. The van der Waals surface area contributed by atoms with Crippen molar-refractivity contribution in [1.29, 1.82) is 0 Å². The van der Waals surface area contributed by atoms with Gasteiger partial charge in [0.2, 0.25) is 0 Å². The highest BCUT2D eigenvalue weighted by molar-refractivity contribution is 6.05. The van der Waals surface area contributed by atoms with E-state index in [1.54, 1.807) is 0 Å². The lowest BCUT2D eigenvalue weighted by Gasteiger charge is -2.11. The van der Waals surface area contributed by atoms with Gasteiger partial charge in [-0.15, -0.1) is 0 Å². The molecule has 0 aliphatic rings. The third kappa shape index (κ3) is 4.34. The Labute approximate surface area is 142 Å². The summed E-state index contributed by atoms with van der Waals surface area (Å²) >= 11 is 0. The number of rotatable bonds is 5. The lowest BCUT2D eigenvalue weighted by Crippen LogP contribution is -2.32. The molecule has 0 spiro atoms. The van der Waals surface area contributed by atoms with Crippen LogP contribution in [0.1, 0.15) is 41.1 Å². The summed E-state index contributed by atoms with van der Waals surface area (Å²) < 4.78 is 39.7. The van der Waals surface area contributed by atoms with Gasteiger partial charge in [-0.05, 0) is 37.6 Å². The van der Waals surface area contributed by atoms with Crippen molar-refractivity contribution in [3.8, 4) is 0 Å². The number of nitrogens with zero attached hydrogens (tertiary/aromatic N) is 1. The monoisotopic (exact) mass is 351 g/mol. The molecule has 8 heteroatoms. The first kappa shape index (κ1) is 18.4. The normalized spacial score (nSPS) is 11.7. The summed E-state index contributed by atoms with van der Waals surface area (Å²) in [6.45, 7) is 3.72. The van der Waals surface area contributed by atoms with Crippen molar-refractivity contribution in [3.63, 3.8) is 0 Å². The standard InChI is InChI=1S/C17H16F3N3O2/c1-3-9(2)22-17(25)13-8-10(6-7-21-13)16(24)23-12-5-4-11(18)14(19)15(12)20/h4-9H,3H2,1-2H3,(H,22,25)(H,23,24). The third-order valence-corrected chi connectivity index (χ3v) is 3.53. The first-order valence-electron chi connectivity index (χ1n) is 7.55. The molecule has 0 bridgehead atoms. The third-order valence-electron chi connectivity index (χ3n) is 3.53. The van der Waals surface area contributed by atoms with Gasteiger partial charge in [-0.3, -0.25) is 14.6 Å². The highest BCUT2D eigenvalue weighted by atomic mass is 19.2. The van der Waals surface area contributed by atoms with E-state index in [-0.39, 0.29) is 17.3 Å². The van der Waals surface area contributed by atoms with Gasteiger partial charge in [0.05, 0.1) is 5.69 Å². The van der Waals surface area contributed by atoms with Gasteiger partial charge in [0, 0.05) is 17.8 Å². The molecule has 25 heavy (non-hydrogen) atoms. The van der Waals surface area contributed by atoms with E-state index >= 15 is 0 Å². The molecule has 1 aromatic heterocycles. The fourth-order valence-electron chi connectivity index (χ4n) is 1.91. The fourth-order valence-corrected chi connectivity index (χ4v) is 1.91. The van der Waals surface area contributed by atoms with Gasteiger partial charge in [-0.1, -0.05) is 6.92 Å². The maximum atomic E-state index is 13.6. The van der Waals surface area contributed by atoms with Crippen LogP contribution in [-0.4, -0.2) is 22.8 Å². The number of carbonyl (C=O) groups is 2. The summed E-state index contributed by atoms with van der Waals surface area (Å²) in [4.78, 5) is 28.1. The number of amides is 2. The van der Waals surface area contributed by atoms with Crippen LogP contribution in [0.25, 0.3) is 0 Å². The molecule has 0 aliphatic carbocycles. The Morgan fingerprint density at radius 2 is 1.84 bits per heavy atom. The van der Waals surface area contributed by atoms with Crippen molar-refractivity contribution in [2.24, 2.45) is 0 Å². The van der Waals surface area contributed by atoms with Gasteiger partial charge < -0.3 is 10.6 Å². The summed E-state index contributed by atoms with van der Waals surface area (Å²) in [7, 11) is 0. The van der Waals surface area contributed by atoms with Gasteiger partial charge in [-0.25, -0.2) is 13.2 Å². The number of anilines is 1. The zero-order chi connectivity index (χ0) is 18.6. The van der Waals surface area contributed by atoms with Gasteiger partial charge in [-0.2, -0.15) is 0 Å². The molecule has 0 aliphatic heterocycles. The molecule has 0 saturated carbocycles. The van der Waals surface area contributed by atoms with E-state index in [1.165, 1.54) is 18.3 Å². The molecule has 5 nitrogen and oxygen atoms in total. The Morgan fingerprint density at radius 3 is 2.52 bits per heavy atom. The second kappa shape index (κ2) is 7.78. The molecule has 2 aromatic rings. The minimum absolute atomic E-state index is 0.0127. The van der Waals surface area contributed by atoms with E-state index in [4.69, 9.17) is 0 Å². The predicted molar refractivity (Wildman–Crippen MR) is 85.7 cm³/mol. The second-order valence-corrected chi connectivity index (χ2v) is 5.39. The number of aromatic nitrogens is 1. The number of nitrogens with one attached hydrogen (secondary N) is 2. The van der Waals surface area contributed by atoms with Gasteiger partial charge in [0.1, 0.15) is 5.69 Å². The molecule has 2 rings (SSSR count). The van der Waals surface area contributed by atoms with Crippen LogP contribution in [0.15, 0.2) is 30.5 Å². The highest BCUT2D eigenvalue weighted by Gasteiger charge is 2.17. The first-order valence-corrected chi connectivity index (χ1v) is 7.55. The Bertz CT molecular complexity index is 812. The van der Waals surface area contributed by atoms with Crippen LogP contribution in [0.5, 0.6) is 0 Å². The molecule has 0 radical (unpaired) electrons. The molecule has 2 N–H and O–H groups in total. The van der Waals surface area contributed by atoms with Crippen LogP contribution < -0.4 is 10.6 Å². The number of halogens is 3. The van der Waals surface area contributed by atoms with Crippen LogP contribution >= 0.6 is 0 Å². The number of carbonyl (C=O) groups excluding carboxylic acids is 2. The zero-order valence-electron chi connectivity index (χ0n) is 13.6. The number of benzene rings is 1. The Balaban J connectivity index is 2.19. The molecular weight excluding hydrogens is 335 g/mol. The first-order chi connectivity index (χ1) is 11.8. The van der Waals surface area contributed by atoms with Crippen molar-refractivity contribution >= 4 is 17.5 Å². The maximum absolute atomic E-state index is 13.6. The lowest BCUT2D eigenvalue weighted by molar-refractivity contribution is 0.0934. The summed E-state index contributed by atoms with van der Waals surface area (Å²) in [5.74, 6) is -5.78. The largest absolute Gasteiger partial charge is 0.348 e. The minimum atomic E-state index is -1.68. The molecule has 1 aromatic carbocycles. The van der Waals surface area contributed by atoms with E-state index in [9.17, 15) is 22.8 Å². The number of hydrogen-bond acceptors (Lipinski definition) is 3. The topological polar surface area (TPSA) is 71.1 Å². The van der Waals surface area contributed by atoms with E-state index in [1.807, 2.05) is 13.8 Å². The summed E-state index contributed by atoms with van der Waals surface area (Å²) in [5, 5.41) is 4.83. The molecule has 1 atom stereocenters. The highest BCUT2D eigenvalue weighted by Crippen LogP contribution is 2.20. The molecular formula is C17H16F3N3O2. The van der Waals surface area contributed by atoms with Crippen molar-refractivity contribution in [1.82, 2.24) is 10.3 Å². The van der Waals surface area contributed by atoms with Crippen molar-refractivity contribution in [2.45, 2.75) is 26.3 Å². The van der Waals surface area contributed by atoms with E-state index in [0.29, 0.717) is 6.07 Å².